The number of pyridine rings is 1. The number of aromatic nitrogens is 8. The zero-order valence-electron chi connectivity index (χ0n) is 16.7. The van der Waals surface area contributed by atoms with Gasteiger partial charge in [-0.05, 0) is 29.8 Å². The van der Waals surface area contributed by atoms with Crippen LogP contribution in [0.5, 0.6) is 0 Å². The highest BCUT2D eigenvalue weighted by Crippen LogP contribution is 2.30. The first kappa shape index (κ1) is 19.3. The molecule has 0 aliphatic carbocycles. The molecule has 0 fully saturated rings. The number of anilines is 1. The zero-order chi connectivity index (χ0) is 22.1. The van der Waals surface area contributed by atoms with Gasteiger partial charge >= 0.3 is 0 Å². The molecule has 11 nitrogen and oxygen atoms in total. The van der Waals surface area contributed by atoms with Gasteiger partial charge < -0.3 is 10.8 Å². The van der Waals surface area contributed by atoms with E-state index in [2.05, 4.69) is 20.2 Å². The minimum Gasteiger partial charge on any atom is -0.392 e. The van der Waals surface area contributed by atoms with Crippen molar-refractivity contribution in [2.75, 3.05) is 5.73 Å². The average molecular weight is 424 g/mol. The van der Waals surface area contributed by atoms with E-state index in [0.717, 1.165) is 11.3 Å². The number of nitrogens with two attached hydrogens (primary N) is 1. The summed E-state index contributed by atoms with van der Waals surface area (Å²) in [4.78, 5) is 19.3. The maximum absolute atomic E-state index is 9.40. The highest BCUT2D eigenvalue weighted by molar-refractivity contribution is 5.83. The maximum Gasteiger partial charge on any atom is 0.169 e. The van der Waals surface area contributed by atoms with Gasteiger partial charge in [-0.2, -0.15) is 20.3 Å². The Morgan fingerprint density at radius 2 is 1.81 bits per heavy atom. The molecule has 0 spiro atoms. The first-order valence-electron chi connectivity index (χ1n) is 9.62. The summed E-state index contributed by atoms with van der Waals surface area (Å²) in [5.41, 5.74) is 10.4. The van der Waals surface area contributed by atoms with E-state index >= 15 is 0 Å². The molecule has 0 aliphatic heterocycles. The molecule has 4 aromatic heterocycles. The van der Waals surface area contributed by atoms with Crippen LogP contribution < -0.4 is 5.73 Å². The van der Waals surface area contributed by atoms with E-state index in [1.165, 1.54) is 11.0 Å². The summed E-state index contributed by atoms with van der Waals surface area (Å²) in [5, 5.41) is 26.7. The molecule has 0 atom stereocenters. The lowest BCUT2D eigenvalue weighted by molar-refractivity contribution is 0.282. The van der Waals surface area contributed by atoms with E-state index in [9.17, 15) is 5.11 Å². The van der Waals surface area contributed by atoms with Gasteiger partial charge in [0.15, 0.2) is 17.3 Å². The summed E-state index contributed by atoms with van der Waals surface area (Å²) in [7, 11) is 0. The number of nitrogen functional groups attached to an aromatic ring is 1. The molecule has 5 rings (SSSR count). The standard InChI is InChI=1S/C21H16N10O/c22-7-10-30-26-11-17(29-30)15-5-6-16-20(27-15)31(14-3-1-13(12-32)2-4-14)21(28-16)18-19(23)25-9-8-24-18/h1-6,8-9,11,32H,10,12H2,(H2,23,25). The third-order valence-corrected chi connectivity index (χ3v) is 4.83. The van der Waals surface area contributed by atoms with Crippen molar-refractivity contribution < 1.29 is 5.11 Å². The van der Waals surface area contributed by atoms with Crippen LogP contribution in [-0.2, 0) is 13.2 Å². The lowest BCUT2D eigenvalue weighted by Crippen LogP contribution is -2.04. The number of aliphatic hydroxyl groups is 1. The highest BCUT2D eigenvalue weighted by atomic mass is 16.3. The zero-order valence-corrected chi connectivity index (χ0v) is 16.7. The molecule has 0 saturated heterocycles. The number of fused-ring (bicyclic) bond motifs is 1. The fraction of sp³-hybridized carbons (Fsp3) is 0.0952. The third-order valence-electron chi connectivity index (χ3n) is 4.83. The SMILES string of the molecule is N#CCn1ncc(-c2ccc3nc(-c4nccnc4N)n(-c4ccc(CO)cc4)c3n2)n1. The summed E-state index contributed by atoms with van der Waals surface area (Å²) >= 11 is 0. The fourth-order valence-corrected chi connectivity index (χ4v) is 3.33. The van der Waals surface area contributed by atoms with Crippen LogP contribution in [0.3, 0.4) is 0 Å². The Labute approximate surface area is 181 Å². The highest BCUT2D eigenvalue weighted by Gasteiger charge is 2.20. The lowest BCUT2D eigenvalue weighted by atomic mass is 10.2. The Kier molecular flexibility index (Phi) is 4.74. The molecule has 0 radical (unpaired) electrons. The Bertz CT molecular complexity index is 1460. The van der Waals surface area contributed by atoms with Crippen molar-refractivity contribution in [1.29, 1.82) is 5.26 Å². The minimum atomic E-state index is -0.0598. The van der Waals surface area contributed by atoms with Crippen LogP contribution in [0, 0.1) is 11.3 Å². The van der Waals surface area contributed by atoms with Gasteiger partial charge in [0, 0.05) is 18.1 Å². The van der Waals surface area contributed by atoms with Crippen LogP contribution in [0.15, 0.2) is 55.0 Å². The normalized spacial score (nSPS) is 11.0. The number of nitriles is 1. The van der Waals surface area contributed by atoms with Crippen LogP contribution in [0.4, 0.5) is 5.82 Å². The molecule has 4 heterocycles. The molecule has 0 amide bonds. The number of imidazole rings is 1. The molecular formula is C21H16N10O. The molecule has 5 aromatic rings. The van der Waals surface area contributed by atoms with Crippen molar-refractivity contribution in [1.82, 2.24) is 39.5 Å². The number of benzene rings is 1. The van der Waals surface area contributed by atoms with Crippen LogP contribution in [0.1, 0.15) is 5.56 Å². The van der Waals surface area contributed by atoms with E-state index in [4.69, 9.17) is 21.0 Å². The molecule has 156 valence electrons. The second-order valence-corrected chi connectivity index (χ2v) is 6.84. The number of aliphatic hydroxyl groups excluding tert-OH is 1. The van der Waals surface area contributed by atoms with Gasteiger partial charge in [0.25, 0.3) is 0 Å². The Morgan fingerprint density at radius 1 is 1.00 bits per heavy atom. The van der Waals surface area contributed by atoms with Gasteiger partial charge in [0.05, 0.1) is 24.6 Å². The van der Waals surface area contributed by atoms with Gasteiger partial charge in [-0.1, -0.05) is 12.1 Å². The van der Waals surface area contributed by atoms with E-state index in [1.54, 1.807) is 18.5 Å². The molecule has 11 heteroatoms. The molecular weight excluding hydrogens is 408 g/mol. The molecule has 32 heavy (non-hydrogen) atoms. The summed E-state index contributed by atoms with van der Waals surface area (Å²) in [6.45, 7) is -0.0108. The molecule has 0 aliphatic rings. The van der Waals surface area contributed by atoms with Crippen LogP contribution in [0.2, 0.25) is 0 Å². The predicted octanol–water partition coefficient (Wildman–Crippen LogP) is 1.73. The van der Waals surface area contributed by atoms with Gasteiger partial charge in [-0.3, -0.25) is 4.57 Å². The average Bonchev–Trinajstić information content (AvgIpc) is 3.44. The molecule has 3 N–H and O–H groups in total. The van der Waals surface area contributed by atoms with Crippen molar-refractivity contribution in [3.63, 3.8) is 0 Å². The van der Waals surface area contributed by atoms with Crippen molar-refractivity contribution in [2.45, 2.75) is 13.2 Å². The van der Waals surface area contributed by atoms with Crippen LogP contribution in [0.25, 0.3) is 39.8 Å². The van der Waals surface area contributed by atoms with E-state index in [1.807, 2.05) is 41.0 Å². The van der Waals surface area contributed by atoms with Gasteiger partial charge in [0.2, 0.25) is 0 Å². The molecule has 0 saturated carbocycles. The van der Waals surface area contributed by atoms with Gasteiger partial charge in [0.1, 0.15) is 23.4 Å². The second kappa shape index (κ2) is 7.86. The summed E-state index contributed by atoms with van der Waals surface area (Å²) in [6.07, 6.45) is 4.63. The van der Waals surface area contributed by atoms with Crippen molar-refractivity contribution in [2.24, 2.45) is 0 Å². The monoisotopic (exact) mass is 424 g/mol. The number of hydrogen-bond acceptors (Lipinski definition) is 9. The van der Waals surface area contributed by atoms with Crippen LogP contribution >= 0.6 is 0 Å². The van der Waals surface area contributed by atoms with Crippen molar-refractivity contribution >= 4 is 17.0 Å². The largest absolute Gasteiger partial charge is 0.392 e. The second-order valence-electron chi connectivity index (χ2n) is 6.84. The number of rotatable bonds is 5. The smallest absolute Gasteiger partial charge is 0.169 e. The van der Waals surface area contributed by atoms with Crippen LogP contribution in [-0.4, -0.2) is 44.6 Å². The van der Waals surface area contributed by atoms with Gasteiger partial charge in [-0.25, -0.2) is 19.9 Å². The summed E-state index contributed by atoms with van der Waals surface area (Å²) in [5.74, 6) is 0.732. The van der Waals surface area contributed by atoms with Crippen molar-refractivity contribution in [3.8, 4) is 34.7 Å². The maximum atomic E-state index is 9.40. The molecule has 0 bridgehead atoms. The lowest BCUT2D eigenvalue weighted by Gasteiger charge is -2.10. The number of nitrogens with zero attached hydrogens (tertiary/aromatic N) is 9. The van der Waals surface area contributed by atoms with E-state index in [-0.39, 0.29) is 19.0 Å². The molecule has 1 aromatic carbocycles. The quantitative estimate of drug-likeness (QED) is 0.428. The Hall–Kier alpha value is -4.69. The molecule has 0 unspecified atom stereocenters. The van der Waals surface area contributed by atoms with E-state index in [0.29, 0.717) is 34.1 Å². The Morgan fingerprint density at radius 3 is 2.56 bits per heavy atom. The van der Waals surface area contributed by atoms with Crippen molar-refractivity contribution in [3.05, 3.63) is 60.6 Å². The fourth-order valence-electron chi connectivity index (χ4n) is 3.33. The summed E-state index contributed by atoms with van der Waals surface area (Å²) in [6, 6.07) is 13.0. The van der Waals surface area contributed by atoms with Gasteiger partial charge in [-0.15, -0.1) is 0 Å². The third kappa shape index (κ3) is 3.30. The first-order chi connectivity index (χ1) is 15.7. The predicted molar refractivity (Wildman–Crippen MR) is 115 cm³/mol. The number of hydrogen-bond donors (Lipinski definition) is 2. The first-order valence-corrected chi connectivity index (χ1v) is 9.62. The Balaban J connectivity index is 1.74. The minimum absolute atomic E-state index is 0.0491. The summed E-state index contributed by atoms with van der Waals surface area (Å²) < 4.78 is 1.83. The van der Waals surface area contributed by atoms with E-state index < -0.39 is 0 Å². The topological polar surface area (TPSA) is 157 Å².